The average molecular weight is 449 g/mol. The normalized spacial score (nSPS) is 12.7. The van der Waals surface area contributed by atoms with Gasteiger partial charge in [0, 0.05) is 12.4 Å². The van der Waals surface area contributed by atoms with Crippen LogP contribution >= 0.6 is 0 Å². The van der Waals surface area contributed by atoms with Crippen LogP contribution in [0.25, 0.3) is 11.1 Å². The molecule has 0 unspecified atom stereocenters. The van der Waals surface area contributed by atoms with Gasteiger partial charge in [0.25, 0.3) is 0 Å². The summed E-state index contributed by atoms with van der Waals surface area (Å²) in [7, 11) is -4.45. The van der Waals surface area contributed by atoms with E-state index in [2.05, 4.69) is 9.71 Å². The van der Waals surface area contributed by atoms with Gasteiger partial charge in [0.15, 0.2) is 0 Å². The molecule has 31 heavy (non-hydrogen) atoms. The molecule has 0 amide bonds. The van der Waals surface area contributed by atoms with E-state index < -0.39 is 32.2 Å². The number of hydrogen-bond donors (Lipinski definition) is 1. The molecule has 0 atom stereocenters. The van der Waals surface area contributed by atoms with Gasteiger partial charge in [-0.3, -0.25) is 4.98 Å². The van der Waals surface area contributed by atoms with Crippen LogP contribution in [0.4, 0.5) is 13.2 Å². The first-order valence-electron chi connectivity index (χ1n) is 9.69. The molecular weight excluding hydrogens is 425 g/mol. The monoisotopic (exact) mass is 448 g/mol. The van der Waals surface area contributed by atoms with Gasteiger partial charge in [-0.25, -0.2) is 13.1 Å². The van der Waals surface area contributed by atoms with Crippen LogP contribution in [0, 0.1) is 0 Å². The molecule has 1 heterocycles. The lowest BCUT2D eigenvalue weighted by Gasteiger charge is -2.28. The first kappa shape index (κ1) is 23.0. The molecule has 0 aliphatic heterocycles. The molecule has 1 aromatic heterocycles. The van der Waals surface area contributed by atoms with E-state index in [-0.39, 0.29) is 0 Å². The summed E-state index contributed by atoms with van der Waals surface area (Å²) < 4.78 is 68.3. The number of benzene rings is 2. The minimum Gasteiger partial charge on any atom is -0.264 e. The lowest BCUT2D eigenvalue weighted by Crippen LogP contribution is -2.41. The van der Waals surface area contributed by atoms with Crippen molar-refractivity contribution in [1.29, 1.82) is 0 Å². The lowest BCUT2D eigenvalue weighted by atomic mass is 9.91. The molecule has 0 aliphatic rings. The van der Waals surface area contributed by atoms with Gasteiger partial charge < -0.3 is 0 Å². The minimum atomic E-state index is -4.78. The third-order valence-electron chi connectivity index (χ3n) is 5.05. The zero-order valence-corrected chi connectivity index (χ0v) is 18.2. The maximum absolute atomic E-state index is 13.3. The molecule has 0 radical (unpaired) electrons. The van der Waals surface area contributed by atoms with Crippen LogP contribution in [0.3, 0.4) is 0 Å². The van der Waals surface area contributed by atoms with Gasteiger partial charge in [-0.1, -0.05) is 37.3 Å². The Balaban J connectivity index is 2.00. The number of aromatic nitrogens is 1. The molecule has 1 N–H and O–H groups in total. The quantitative estimate of drug-likeness (QED) is 0.538. The highest BCUT2D eigenvalue weighted by molar-refractivity contribution is 7.89. The van der Waals surface area contributed by atoms with E-state index in [9.17, 15) is 21.6 Å². The van der Waals surface area contributed by atoms with Crippen molar-refractivity contribution in [3.05, 3.63) is 83.7 Å². The van der Waals surface area contributed by atoms with Gasteiger partial charge in [-0.2, -0.15) is 13.2 Å². The number of pyridine rings is 1. The number of sulfonamides is 1. The standard InChI is InChI=1S/C23H23F3N2O2S/c1-4-16-15-27-13-12-19(16)17-8-7-9-18(14-17)22(2,3)28-31(29,30)21-11-6-5-10-20(21)23(24,25)26/h5-15,28H,4H2,1-3H3. The van der Waals surface area contributed by atoms with E-state index in [1.165, 1.54) is 6.07 Å². The van der Waals surface area contributed by atoms with E-state index >= 15 is 0 Å². The Kier molecular flexibility index (Phi) is 6.25. The number of nitrogens with one attached hydrogen (secondary N) is 1. The van der Waals surface area contributed by atoms with E-state index in [1.54, 1.807) is 38.4 Å². The third kappa shape index (κ3) is 4.97. The first-order valence-corrected chi connectivity index (χ1v) is 11.2. The number of aryl methyl sites for hydroxylation is 1. The maximum atomic E-state index is 13.3. The first-order chi connectivity index (χ1) is 14.5. The molecule has 4 nitrogen and oxygen atoms in total. The fourth-order valence-corrected chi connectivity index (χ4v) is 5.08. The van der Waals surface area contributed by atoms with Crippen molar-refractivity contribution in [2.75, 3.05) is 0 Å². The Hall–Kier alpha value is -2.71. The van der Waals surface area contributed by atoms with Crippen LogP contribution in [0.2, 0.25) is 0 Å². The van der Waals surface area contributed by atoms with Crippen molar-refractivity contribution >= 4 is 10.0 Å². The number of nitrogens with zero attached hydrogens (tertiary/aromatic N) is 1. The fourth-order valence-electron chi connectivity index (χ4n) is 3.45. The van der Waals surface area contributed by atoms with Crippen molar-refractivity contribution in [1.82, 2.24) is 9.71 Å². The van der Waals surface area contributed by atoms with Gasteiger partial charge in [0.1, 0.15) is 0 Å². The van der Waals surface area contributed by atoms with Crippen molar-refractivity contribution in [2.45, 2.75) is 43.8 Å². The molecule has 0 aliphatic carbocycles. The molecule has 3 rings (SSSR count). The van der Waals surface area contributed by atoms with E-state index in [1.807, 2.05) is 25.1 Å². The van der Waals surface area contributed by atoms with Gasteiger partial charge in [-0.15, -0.1) is 0 Å². The van der Waals surface area contributed by atoms with Crippen molar-refractivity contribution in [3.63, 3.8) is 0 Å². The largest absolute Gasteiger partial charge is 0.417 e. The molecular formula is C23H23F3N2O2S. The van der Waals surface area contributed by atoms with E-state index in [4.69, 9.17) is 0 Å². The summed E-state index contributed by atoms with van der Waals surface area (Å²) in [5.74, 6) is 0. The Bertz CT molecular complexity index is 1190. The number of rotatable bonds is 6. The summed E-state index contributed by atoms with van der Waals surface area (Å²) in [4.78, 5) is 3.34. The summed E-state index contributed by atoms with van der Waals surface area (Å²) in [6, 6.07) is 13.3. The summed E-state index contributed by atoms with van der Waals surface area (Å²) in [6.07, 6.45) is -0.544. The highest BCUT2D eigenvalue weighted by Gasteiger charge is 2.38. The smallest absolute Gasteiger partial charge is 0.264 e. The second kappa shape index (κ2) is 8.43. The van der Waals surface area contributed by atoms with Gasteiger partial charge in [-0.05, 0) is 66.8 Å². The molecule has 164 valence electrons. The van der Waals surface area contributed by atoms with Gasteiger partial charge in [0.2, 0.25) is 10.0 Å². The topological polar surface area (TPSA) is 59.1 Å². The van der Waals surface area contributed by atoms with E-state index in [0.717, 1.165) is 41.3 Å². The van der Waals surface area contributed by atoms with Crippen LogP contribution in [0.5, 0.6) is 0 Å². The Morgan fingerprint density at radius 3 is 2.39 bits per heavy atom. The summed E-state index contributed by atoms with van der Waals surface area (Å²) >= 11 is 0. The molecule has 8 heteroatoms. The molecule has 3 aromatic rings. The average Bonchev–Trinajstić information content (AvgIpc) is 2.72. The molecule has 0 bridgehead atoms. The van der Waals surface area contributed by atoms with Crippen LogP contribution in [0.1, 0.15) is 37.5 Å². The summed E-state index contributed by atoms with van der Waals surface area (Å²) in [5.41, 5.74) is 1.15. The highest BCUT2D eigenvalue weighted by atomic mass is 32.2. The molecule has 0 fully saturated rings. The zero-order valence-electron chi connectivity index (χ0n) is 17.4. The zero-order chi connectivity index (χ0) is 22.9. The number of alkyl halides is 3. The maximum Gasteiger partial charge on any atom is 0.417 e. The molecule has 0 saturated carbocycles. The Labute approximate surface area is 180 Å². The fraction of sp³-hybridized carbons (Fsp3) is 0.261. The van der Waals surface area contributed by atoms with Crippen molar-refractivity contribution in [2.24, 2.45) is 0 Å². The van der Waals surface area contributed by atoms with Gasteiger partial charge in [0.05, 0.1) is 16.0 Å². The SMILES string of the molecule is CCc1cnccc1-c1cccc(C(C)(C)NS(=O)(=O)c2ccccc2C(F)(F)F)c1. The van der Waals surface area contributed by atoms with Crippen LogP contribution in [-0.2, 0) is 28.2 Å². The molecule has 0 saturated heterocycles. The third-order valence-corrected chi connectivity index (χ3v) is 6.77. The summed E-state index contributed by atoms with van der Waals surface area (Å²) in [5, 5.41) is 0. The second-order valence-electron chi connectivity index (χ2n) is 7.69. The highest BCUT2D eigenvalue weighted by Crippen LogP contribution is 2.35. The van der Waals surface area contributed by atoms with Crippen LogP contribution < -0.4 is 4.72 Å². The molecule has 2 aromatic carbocycles. The minimum absolute atomic E-state index is 0.622. The van der Waals surface area contributed by atoms with Crippen molar-refractivity contribution in [3.8, 4) is 11.1 Å². The Morgan fingerprint density at radius 2 is 1.71 bits per heavy atom. The van der Waals surface area contributed by atoms with Crippen LogP contribution in [0.15, 0.2) is 71.9 Å². The predicted octanol–water partition coefficient (Wildman–Crippen LogP) is 5.54. The number of halogens is 3. The summed E-state index contributed by atoms with van der Waals surface area (Å²) in [6.45, 7) is 5.25. The lowest BCUT2D eigenvalue weighted by molar-refractivity contribution is -0.139. The Morgan fingerprint density at radius 1 is 1.00 bits per heavy atom. The molecule has 0 spiro atoms. The second-order valence-corrected chi connectivity index (χ2v) is 9.34. The van der Waals surface area contributed by atoms with Gasteiger partial charge >= 0.3 is 6.18 Å². The van der Waals surface area contributed by atoms with Crippen molar-refractivity contribution < 1.29 is 21.6 Å². The van der Waals surface area contributed by atoms with Crippen LogP contribution in [-0.4, -0.2) is 13.4 Å². The van der Waals surface area contributed by atoms with E-state index in [0.29, 0.717) is 5.56 Å². The number of hydrogen-bond acceptors (Lipinski definition) is 3. The predicted molar refractivity (Wildman–Crippen MR) is 114 cm³/mol.